The van der Waals surface area contributed by atoms with Gasteiger partial charge in [0, 0.05) is 26.6 Å². The Labute approximate surface area is 72.9 Å². The molecule has 1 heterocycles. The quantitative estimate of drug-likeness (QED) is 0.608. The lowest BCUT2D eigenvalue weighted by atomic mass is 10.2. The van der Waals surface area contributed by atoms with Crippen LogP contribution in [0.2, 0.25) is 0 Å². The van der Waals surface area contributed by atoms with Crippen molar-refractivity contribution in [3.8, 4) is 0 Å². The number of nitrogens with zero attached hydrogens (tertiary/aromatic N) is 1. The number of ether oxygens (including phenoxy) is 1. The molecule has 0 bridgehead atoms. The Morgan fingerprint density at radius 3 is 3.08 bits per heavy atom. The zero-order valence-corrected chi connectivity index (χ0v) is 7.67. The monoisotopic (exact) mass is 172 g/mol. The summed E-state index contributed by atoms with van der Waals surface area (Å²) in [6, 6.07) is 0. The molecule has 0 spiro atoms. The number of carbonyl (C=O) groups excluding carboxylic acids is 1. The van der Waals surface area contributed by atoms with Gasteiger partial charge in [-0.1, -0.05) is 0 Å². The van der Waals surface area contributed by atoms with Crippen LogP contribution < -0.4 is 5.32 Å². The number of nitrogens with one attached hydrogen (secondary N) is 1. The molecule has 1 unspecified atom stereocenters. The molecule has 4 nitrogen and oxygen atoms in total. The Hall–Kier alpha value is -0.610. The molecule has 1 aliphatic heterocycles. The zero-order valence-electron chi connectivity index (χ0n) is 7.67. The first-order chi connectivity index (χ1) is 5.74. The summed E-state index contributed by atoms with van der Waals surface area (Å²) in [5, 5.41) is 3.03. The fourth-order valence-electron chi connectivity index (χ4n) is 1.36. The molecule has 0 saturated carbocycles. The Morgan fingerprint density at radius 2 is 2.50 bits per heavy atom. The maximum atomic E-state index is 11.0. The minimum atomic E-state index is 0.138. The van der Waals surface area contributed by atoms with Crippen LogP contribution in [0.1, 0.15) is 6.92 Å². The largest absolute Gasteiger partial charge is 0.373 e. The van der Waals surface area contributed by atoms with Crippen LogP contribution in [0, 0.1) is 0 Å². The molecule has 1 N–H and O–H groups in total. The van der Waals surface area contributed by atoms with Gasteiger partial charge < -0.3 is 15.0 Å². The number of carbonyl (C=O) groups is 1. The molecule has 0 radical (unpaired) electrons. The van der Waals surface area contributed by atoms with Gasteiger partial charge in [-0.3, -0.25) is 4.79 Å². The highest BCUT2D eigenvalue weighted by molar-refractivity contribution is 5.73. The van der Waals surface area contributed by atoms with Crippen molar-refractivity contribution in [2.24, 2.45) is 0 Å². The lowest BCUT2D eigenvalue weighted by Gasteiger charge is -2.32. The van der Waals surface area contributed by atoms with E-state index >= 15 is 0 Å². The maximum Gasteiger partial charge on any atom is 0.219 e. The van der Waals surface area contributed by atoms with Crippen molar-refractivity contribution in [3.05, 3.63) is 0 Å². The molecule has 12 heavy (non-hydrogen) atoms. The molecule has 0 aromatic rings. The van der Waals surface area contributed by atoms with E-state index in [1.54, 1.807) is 6.92 Å². The third kappa shape index (κ3) is 2.46. The summed E-state index contributed by atoms with van der Waals surface area (Å²) in [5.41, 5.74) is 0. The molecule has 0 aromatic carbocycles. The lowest BCUT2D eigenvalue weighted by molar-refractivity contribution is -0.136. The van der Waals surface area contributed by atoms with Gasteiger partial charge in [0.2, 0.25) is 5.91 Å². The van der Waals surface area contributed by atoms with Crippen LogP contribution in [0.5, 0.6) is 0 Å². The van der Waals surface area contributed by atoms with Crippen molar-refractivity contribution in [2.75, 3.05) is 33.3 Å². The van der Waals surface area contributed by atoms with Crippen LogP contribution in [-0.2, 0) is 9.53 Å². The van der Waals surface area contributed by atoms with E-state index in [-0.39, 0.29) is 12.0 Å². The summed E-state index contributed by atoms with van der Waals surface area (Å²) >= 11 is 0. The van der Waals surface area contributed by atoms with Crippen LogP contribution in [-0.4, -0.2) is 50.2 Å². The summed E-state index contributed by atoms with van der Waals surface area (Å²) < 4.78 is 5.44. The molecule has 0 aromatic heterocycles. The molecule has 1 fully saturated rings. The van der Waals surface area contributed by atoms with Gasteiger partial charge in [-0.15, -0.1) is 0 Å². The number of amides is 1. The molecule has 1 saturated heterocycles. The van der Waals surface area contributed by atoms with Crippen molar-refractivity contribution < 1.29 is 9.53 Å². The van der Waals surface area contributed by atoms with Gasteiger partial charge in [0.1, 0.15) is 0 Å². The minimum absolute atomic E-state index is 0.138. The van der Waals surface area contributed by atoms with Gasteiger partial charge in [-0.2, -0.15) is 0 Å². The summed E-state index contributed by atoms with van der Waals surface area (Å²) in [4.78, 5) is 12.8. The third-order valence-corrected chi connectivity index (χ3v) is 2.02. The predicted molar refractivity (Wildman–Crippen MR) is 45.9 cm³/mol. The third-order valence-electron chi connectivity index (χ3n) is 2.02. The van der Waals surface area contributed by atoms with Gasteiger partial charge in [0.15, 0.2) is 0 Å². The maximum absolute atomic E-state index is 11.0. The number of hydrogen-bond donors (Lipinski definition) is 1. The highest BCUT2D eigenvalue weighted by atomic mass is 16.5. The molecule has 1 atom stereocenters. The Balaban J connectivity index is 2.35. The van der Waals surface area contributed by atoms with Crippen molar-refractivity contribution in [1.82, 2.24) is 10.2 Å². The molecular weight excluding hydrogens is 156 g/mol. The number of morpholine rings is 1. The first kappa shape index (κ1) is 9.48. The van der Waals surface area contributed by atoms with E-state index in [4.69, 9.17) is 4.74 Å². The average Bonchev–Trinajstić information content (AvgIpc) is 2.05. The highest BCUT2D eigenvalue weighted by Gasteiger charge is 2.20. The van der Waals surface area contributed by atoms with Crippen LogP contribution in [0.25, 0.3) is 0 Å². The van der Waals surface area contributed by atoms with Crippen LogP contribution in [0.15, 0.2) is 0 Å². The summed E-state index contributed by atoms with van der Waals surface area (Å²) in [5.74, 6) is 0.138. The summed E-state index contributed by atoms with van der Waals surface area (Å²) in [7, 11) is 1.88. The van der Waals surface area contributed by atoms with Crippen molar-refractivity contribution in [1.29, 1.82) is 0 Å². The van der Waals surface area contributed by atoms with E-state index in [0.29, 0.717) is 6.61 Å². The normalized spacial score (nSPS) is 24.2. The van der Waals surface area contributed by atoms with E-state index in [9.17, 15) is 4.79 Å². The predicted octanol–water partition coefficient (Wildman–Crippen LogP) is -0.547. The van der Waals surface area contributed by atoms with Gasteiger partial charge >= 0.3 is 0 Å². The topological polar surface area (TPSA) is 41.6 Å². The van der Waals surface area contributed by atoms with Gasteiger partial charge in [0.05, 0.1) is 12.7 Å². The fraction of sp³-hybridized carbons (Fsp3) is 0.875. The van der Waals surface area contributed by atoms with E-state index in [0.717, 1.165) is 19.6 Å². The van der Waals surface area contributed by atoms with Crippen molar-refractivity contribution in [2.45, 2.75) is 13.0 Å². The Kier molecular flexibility index (Phi) is 3.49. The van der Waals surface area contributed by atoms with Gasteiger partial charge in [0.25, 0.3) is 0 Å². The molecule has 1 aliphatic rings. The Bertz CT molecular complexity index is 159. The van der Waals surface area contributed by atoms with E-state index in [2.05, 4.69) is 5.32 Å². The summed E-state index contributed by atoms with van der Waals surface area (Å²) in [6.45, 7) is 4.52. The van der Waals surface area contributed by atoms with E-state index < -0.39 is 0 Å². The van der Waals surface area contributed by atoms with Crippen LogP contribution >= 0.6 is 0 Å². The molecule has 1 rings (SSSR count). The number of likely N-dealkylation sites (N-methyl/N-ethyl adjacent to an activating group) is 1. The number of rotatable bonds is 2. The van der Waals surface area contributed by atoms with Crippen LogP contribution in [0.3, 0.4) is 0 Å². The second-order valence-corrected chi connectivity index (χ2v) is 3.02. The number of hydrogen-bond acceptors (Lipinski definition) is 3. The van der Waals surface area contributed by atoms with Gasteiger partial charge in [-0.05, 0) is 7.05 Å². The first-order valence-electron chi connectivity index (χ1n) is 4.25. The fourth-order valence-corrected chi connectivity index (χ4v) is 1.36. The molecule has 70 valence electrons. The van der Waals surface area contributed by atoms with Gasteiger partial charge in [-0.25, -0.2) is 0 Å². The van der Waals surface area contributed by atoms with Crippen molar-refractivity contribution >= 4 is 5.91 Å². The van der Waals surface area contributed by atoms with Crippen LogP contribution in [0.4, 0.5) is 0 Å². The minimum Gasteiger partial charge on any atom is -0.373 e. The highest BCUT2D eigenvalue weighted by Crippen LogP contribution is 2.03. The SMILES string of the molecule is CNCC1CN(C(C)=O)CCO1. The average molecular weight is 172 g/mol. The first-order valence-corrected chi connectivity index (χ1v) is 4.25. The molecule has 0 aliphatic carbocycles. The van der Waals surface area contributed by atoms with Crippen molar-refractivity contribution in [3.63, 3.8) is 0 Å². The second-order valence-electron chi connectivity index (χ2n) is 3.02. The molecule has 4 heteroatoms. The molecular formula is C8H16N2O2. The van der Waals surface area contributed by atoms with E-state index in [1.807, 2.05) is 11.9 Å². The lowest BCUT2D eigenvalue weighted by Crippen LogP contribution is -2.47. The zero-order chi connectivity index (χ0) is 8.97. The smallest absolute Gasteiger partial charge is 0.219 e. The van der Waals surface area contributed by atoms with E-state index in [1.165, 1.54) is 0 Å². The standard InChI is InChI=1S/C8H16N2O2/c1-7(11)10-3-4-12-8(6-10)5-9-2/h8-9H,3-6H2,1-2H3. The molecule has 1 amide bonds. The Morgan fingerprint density at radius 1 is 1.75 bits per heavy atom. The summed E-state index contributed by atoms with van der Waals surface area (Å²) in [6.07, 6.45) is 0.160. The second kappa shape index (κ2) is 4.42.